The minimum absolute atomic E-state index is 0.0197. The Balaban J connectivity index is 1.61. The predicted octanol–water partition coefficient (Wildman–Crippen LogP) is 4.74. The summed E-state index contributed by atoms with van der Waals surface area (Å²) < 4.78 is 7.55. The molecule has 4 heteroatoms. The number of methoxy groups -OCH3 is 1. The Morgan fingerprint density at radius 2 is 2.04 bits per heavy atom. The third-order valence-electron chi connectivity index (χ3n) is 6.96. The number of carbonyl (C=O) groups is 1. The van der Waals surface area contributed by atoms with E-state index in [2.05, 4.69) is 47.8 Å². The standard InChI is InChI=1S/C24H34N2O2/c1-4-5-6-7-8-12-26-16-17-14-22-20(19-10-9-11-21(26)23(17)19)13-18(15-25(22)2)24(27)28-3/h9-11,16,18,20,22H,4-8,12-15H2,1-3H3. The molecule has 2 heterocycles. The van der Waals surface area contributed by atoms with Gasteiger partial charge < -0.3 is 14.2 Å². The molecule has 28 heavy (non-hydrogen) atoms. The number of hydrogen-bond acceptors (Lipinski definition) is 3. The van der Waals surface area contributed by atoms with E-state index in [0.29, 0.717) is 12.0 Å². The minimum atomic E-state index is -0.0621. The molecule has 1 aromatic heterocycles. The highest BCUT2D eigenvalue weighted by Gasteiger charge is 2.41. The number of benzene rings is 1. The molecule has 152 valence electrons. The number of aryl methyl sites for hydroxylation is 1. The maximum absolute atomic E-state index is 12.2. The van der Waals surface area contributed by atoms with Crippen molar-refractivity contribution in [2.45, 2.75) is 70.4 Å². The highest BCUT2D eigenvalue weighted by molar-refractivity contribution is 5.89. The number of nitrogens with zero attached hydrogens (tertiary/aromatic N) is 2. The molecule has 0 spiro atoms. The number of aromatic nitrogens is 1. The summed E-state index contributed by atoms with van der Waals surface area (Å²) in [7, 11) is 3.68. The lowest BCUT2D eigenvalue weighted by molar-refractivity contribution is -0.148. The molecule has 3 unspecified atom stereocenters. The monoisotopic (exact) mass is 382 g/mol. The van der Waals surface area contributed by atoms with Gasteiger partial charge in [0.15, 0.2) is 0 Å². The van der Waals surface area contributed by atoms with Crippen LogP contribution in [0.4, 0.5) is 0 Å². The molecular weight excluding hydrogens is 348 g/mol. The number of unbranched alkanes of at least 4 members (excludes halogenated alkanes) is 4. The first-order valence-corrected chi connectivity index (χ1v) is 11.0. The summed E-state index contributed by atoms with van der Waals surface area (Å²) in [6.07, 6.45) is 11.0. The van der Waals surface area contributed by atoms with E-state index in [0.717, 1.165) is 25.9 Å². The van der Waals surface area contributed by atoms with E-state index in [9.17, 15) is 4.79 Å². The Kier molecular flexibility index (Phi) is 5.77. The fourth-order valence-corrected chi connectivity index (χ4v) is 5.53. The number of fused-ring (bicyclic) bond motifs is 2. The van der Waals surface area contributed by atoms with Crippen LogP contribution in [-0.4, -0.2) is 42.2 Å². The van der Waals surface area contributed by atoms with Gasteiger partial charge in [0.2, 0.25) is 0 Å². The number of hydrogen-bond donors (Lipinski definition) is 0. The van der Waals surface area contributed by atoms with Crippen molar-refractivity contribution in [3.05, 3.63) is 35.5 Å². The molecule has 0 saturated carbocycles. The predicted molar refractivity (Wildman–Crippen MR) is 114 cm³/mol. The van der Waals surface area contributed by atoms with Gasteiger partial charge in [0.05, 0.1) is 13.0 Å². The average molecular weight is 383 g/mol. The maximum Gasteiger partial charge on any atom is 0.309 e. The quantitative estimate of drug-likeness (QED) is 0.512. The number of ether oxygens (including phenoxy) is 1. The maximum atomic E-state index is 12.2. The highest BCUT2D eigenvalue weighted by atomic mass is 16.5. The van der Waals surface area contributed by atoms with Crippen molar-refractivity contribution in [2.75, 3.05) is 20.7 Å². The van der Waals surface area contributed by atoms with Crippen molar-refractivity contribution in [1.29, 1.82) is 0 Å². The summed E-state index contributed by atoms with van der Waals surface area (Å²) in [5, 5.41) is 1.45. The number of rotatable bonds is 7. The number of carbonyl (C=O) groups excluding carboxylic acids is 1. The number of piperidine rings is 1. The van der Waals surface area contributed by atoms with Gasteiger partial charge in [-0.2, -0.15) is 0 Å². The molecule has 0 bridgehead atoms. The molecule has 0 N–H and O–H groups in total. The zero-order chi connectivity index (χ0) is 19.7. The number of likely N-dealkylation sites (tertiary alicyclic amines) is 1. The molecule has 1 saturated heterocycles. The molecule has 0 radical (unpaired) electrons. The van der Waals surface area contributed by atoms with Crippen molar-refractivity contribution < 1.29 is 9.53 Å². The van der Waals surface area contributed by atoms with E-state index in [1.54, 1.807) is 0 Å². The second-order valence-corrected chi connectivity index (χ2v) is 8.78. The number of likely N-dealkylation sites (N-methyl/N-ethyl adjacent to an activating group) is 1. The van der Waals surface area contributed by atoms with E-state index in [1.807, 2.05) is 0 Å². The van der Waals surface area contributed by atoms with Crippen LogP contribution >= 0.6 is 0 Å². The lowest BCUT2D eigenvalue weighted by Gasteiger charge is -2.44. The van der Waals surface area contributed by atoms with Crippen LogP contribution in [0.2, 0.25) is 0 Å². The van der Waals surface area contributed by atoms with Crippen LogP contribution in [-0.2, 0) is 22.5 Å². The third kappa shape index (κ3) is 3.47. The van der Waals surface area contributed by atoms with Crippen LogP contribution in [0.5, 0.6) is 0 Å². The van der Waals surface area contributed by atoms with Gasteiger partial charge in [-0.1, -0.05) is 44.7 Å². The summed E-state index contributed by atoms with van der Waals surface area (Å²) in [4.78, 5) is 14.6. The summed E-state index contributed by atoms with van der Waals surface area (Å²) in [5.41, 5.74) is 4.31. The Bertz CT molecular complexity index is 840. The van der Waals surface area contributed by atoms with E-state index < -0.39 is 0 Å². The first-order chi connectivity index (χ1) is 13.6. The SMILES string of the molecule is CCCCCCCn1cc2c3c(cccc31)C1CC(C(=O)OC)CN(C)C1C2. The van der Waals surface area contributed by atoms with Crippen molar-refractivity contribution in [1.82, 2.24) is 9.47 Å². The lowest BCUT2D eigenvalue weighted by Crippen LogP contribution is -2.49. The highest BCUT2D eigenvalue weighted by Crippen LogP contribution is 2.45. The van der Waals surface area contributed by atoms with Gasteiger partial charge in [-0.25, -0.2) is 0 Å². The van der Waals surface area contributed by atoms with Gasteiger partial charge in [0.25, 0.3) is 0 Å². The Hall–Kier alpha value is -1.81. The van der Waals surface area contributed by atoms with Gasteiger partial charge in [-0.15, -0.1) is 0 Å². The average Bonchev–Trinajstić information content (AvgIpc) is 3.07. The Morgan fingerprint density at radius 1 is 1.21 bits per heavy atom. The fraction of sp³-hybridized carbons (Fsp3) is 0.625. The van der Waals surface area contributed by atoms with Crippen LogP contribution in [0.15, 0.2) is 24.4 Å². The van der Waals surface area contributed by atoms with Crippen LogP contribution < -0.4 is 0 Å². The second kappa shape index (κ2) is 8.28. The first kappa shape index (κ1) is 19.5. The molecule has 0 amide bonds. The molecule has 1 fully saturated rings. The lowest BCUT2D eigenvalue weighted by atomic mass is 9.72. The molecule has 4 nitrogen and oxygen atoms in total. The van der Waals surface area contributed by atoms with Gasteiger partial charge >= 0.3 is 5.97 Å². The molecular formula is C24H34N2O2. The Labute approximate surface area is 168 Å². The van der Waals surface area contributed by atoms with Crippen LogP contribution in [0.1, 0.15) is 62.5 Å². The van der Waals surface area contributed by atoms with E-state index in [-0.39, 0.29) is 11.9 Å². The topological polar surface area (TPSA) is 34.5 Å². The Morgan fingerprint density at radius 3 is 2.82 bits per heavy atom. The molecule has 4 rings (SSSR count). The zero-order valence-corrected chi connectivity index (χ0v) is 17.6. The largest absolute Gasteiger partial charge is 0.469 e. The summed E-state index contributed by atoms with van der Waals surface area (Å²) >= 11 is 0. The van der Waals surface area contributed by atoms with Crippen LogP contribution in [0.3, 0.4) is 0 Å². The van der Waals surface area contributed by atoms with Crippen molar-refractivity contribution >= 4 is 16.9 Å². The third-order valence-corrected chi connectivity index (χ3v) is 6.96. The van der Waals surface area contributed by atoms with Gasteiger partial charge in [0, 0.05) is 42.1 Å². The summed E-state index contributed by atoms with van der Waals surface area (Å²) in [6.45, 7) is 4.18. The van der Waals surface area contributed by atoms with Crippen molar-refractivity contribution in [3.8, 4) is 0 Å². The molecule has 1 aliphatic heterocycles. The van der Waals surface area contributed by atoms with E-state index in [1.165, 1.54) is 61.2 Å². The van der Waals surface area contributed by atoms with Gasteiger partial charge in [-0.05, 0) is 43.5 Å². The second-order valence-electron chi connectivity index (χ2n) is 8.78. The van der Waals surface area contributed by atoms with Gasteiger partial charge in [0.1, 0.15) is 0 Å². The number of esters is 1. The smallest absolute Gasteiger partial charge is 0.309 e. The van der Waals surface area contributed by atoms with Crippen LogP contribution in [0.25, 0.3) is 10.9 Å². The minimum Gasteiger partial charge on any atom is -0.469 e. The van der Waals surface area contributed by atoms with Crippen LogP contribution in [0, 0.1) is 5.92 Å². The molecule has 1 aliphatic carbocycles. The summed E-state index contributed by atoms with van der Waals surface area (Å²) in [5.74, 6) is 0.334. The van der Waals surface area contributed by atoms with Crippen molar-refractivity contribution in [2.24, 2.45) is 5.92 Å². The molecule has 1 aromatic carbocycles. The normalized spacial score (nSPS) is 24.3. The summed E-state index contributed by atoms with van der Waals surface area (Å²) in [6, 6.07) is 7.26. The van der Waals surface area contributed by atoms with Crippen molar-refractivity contribution in [3.63, 3.8) is 0 Å². The molecule has 2 aliphatic rings. The zero-order valence-electron chi connectivity index (χ0n) is 17.6. The fourth-order valence-electron chi connectivity index (χ4n) is 5.53. The first-order valence-electron chi connectivity index (χ1n) is 11.0. The molecule has 2 aromatic rings. The van der Waals surface area contributed by atoms with Gasteiger partial charge in [-0.3, -0.25) is 4.79 Å². The van der Waals surface area contributed by atoms with E-state index in [4.69, 9.17) is 4.74 Å². The molecule has 3 atom stereocenters. The van der Waals surface area contributed by atoms with E-state index >= 15 is 0 Å².